The number of rotatable bonds is 15. The van der Waals surface area contributed by atoms with E-state index in [0.29, 0.717) is 38.9 Å². The summed E-state index contributed by atoms with van der Waals surface area (Å²) in [5.74, 6) is -0.327. The van der Waals surface area contributed by atoms with E-state index in [4.69, 9.17) is 0 Å². The third kappa shape index (κ3) is 7.86. The van der Waals surface area contributed by atoms with Crippen LogP contribution in [-0.2, 0) is 21.5 Å². The second kappa shape index (κ2) is 13.2. The number of quaternary nitrogens is 1. The first kappa shape index (κ1) is 27.6. The lowest BCUT2D eigenvalue weighted by Crippen LogP contribution is -2.68. The van der Waals surface area contributed by atoms with Gasteiger partial charge in [-0.25, -0.2) is 4.72 Å². The maximum absolute atomic E-state index is 13.5. The zero-order valence-corrected chi connectivity index (χ0v) is 20.6. The fourth-order valence-electron chi connectivity index (χ4n) is 4.17. The molecule has 178 valence electrons. The normalized spacial score (nSPS) is 14.4. The van der Waals surface area contributed by atoms with Crippen LogP contribution in [0.25, 0.3) is 0 Å². The highest BCUT2D eigenvalue weighted by Gasteiger charge is 2.51. The summed E-state index contributed by atoms with van der Waals surface area (Å²) >= 11 is 0. The Morgan fingerprint density at radius 2 is 1.65 bits per heavy atom. The van der Waals surface area contributed by atoms with Crippen LogP contribution in [-0.4, -0.2) is 55.1 Å². The molecule has 1 amide bonds. The molecule has 0 spiro atoms. The molecule has 0 aliphatic carbocycles. The van der Waals surface area contributed by atoms with Crippen LogP contribution in [0.3, 0.4) is 0 Å². The minimum Gasteiger partial charge on any atom is -0.386 e. The Balaban J connectivity index is 3.24. The zero-order valence-electron chi connectivity index (χ0n) is 19.8. The van der Waals surface area contributed by atoms with Crippen molar-refractivity contribution in [2.45, 2.75) is 79.0 Å². The lowest BCUT2D eigenvalue weighted by molar-refractivity contribution is -0.839. The van der Waals surface area contributed by atoms with Crippen LogP contribution >= 0.6 is 0 Å². The fourth-order valence-corrected chi connectivity index (χ4v) is 6.21. The Hall–Kier alpha value is -1.48. The van der Waals surface area contributed by atoms with E-state index in [2.05, 4.69) is 10.0 Å². The van der Waals surface area contributed by atoms with Crippen molar-refractivity contribution in [1.82, 2.24) is 10.0 Å². The van der Waals surface area contributed by atoms with Crippen LogP contribution < -0.4 is 10.0 Å². The Labute approximate surface area is 189 Å². The third-order valence-corrected chi connectivity index (χ3v) is 7.61. The maximum atomic E-state index is 13.5. The molecule has 7 nitrogen and oxygen atoms in total. The first-order valence-corrected chi connectivity index (χ1v) is 12.9. The molecular formula is C23H42N3O4S+. The summed E-state index contributed by atoms with van der Waals surface area (Å²) in [6.45, 7) is 11.1. The molecule has 0 radical (unpaired) electrons. The molecule has 0 saturated carbocycles. The van der Waals surface area contributed by atoms with Crippen LogP contribution in [0.5, 0.6) is 0 Å². The molecule has 3 N–H and O–H groups in total. The molecule has 8 heteroatoms. The number of carbonyl (C=O) groups excluding carboxylic acids is 1. The first-order chi connectivity index (χ1) is 14.6. The quantitative estimate of drug-likeness (QED) is 0.353. The number of amides is 1. The molecule has 1 aromatic rings. The maximum Gasteiger partial charge on any atom is 0.396 e. The Kier molecular flexibility index (Phi) is 11.7. The van der Waals surface area contributed by atoms with Gasteiger partial charge in [0.15, 0.2) is 0 Å². The van der Waals surface area contributed by atoms with Gasteiger partial charge in [-0.15, -0.1) is 0 Å². The highest BCUT2D eigenvalue weighted by atomic mass is 32.2. The molecule has 0 saturated heterocycles. The van der Waals surface area contributed by atoms with E-state index in [1.54, 1.807) is 6.92 Å². The van der Waals surface area contributed by atoms with Gasteiger partial charge in [0, 0.05) is 25.9 Å². The van der Waals surface area contributed by atoms with Crippen LogP contribution in [0.4, 0.5) is 0 Å². The van der Waals surface area contributed by atoms with E-state index < -0.39 is 28.3 Å². The standard InChI is InChI=1S/C23H41N3O4S/c1-6-14-26(15-7-2,31(29,30)25-23(28)8-3)21(16-19(4)5)22(27)18-24-17-20-12-10-9-11-13-20/h9-13,19,21-22,24,27H,6-8,14-18H2,1-5H3/p+1. The highest BCUT2D eigenvalue weighted by Crippen LogP contribution is 2.29. The smallest absolute Gasteiger partial charge is 0.386 e. The second-order valence-electron chi connectivity index (χ2n) is 8.63. The number of aliphatic hydroxyl groups is 1. The van der Waals surface area contributed by atoms with E-state index >= 15 is 0 Å². The van der Waals surface area contributed by atoms with Crippen molar-refractivity contribution in [2.24, 2.45) is 5.92 Å². The van der Waals surface area contributed by atoms with Gasteiger partial charge in [-0.2, -0.15) is 12.3 Å². The average Bonchev–Trinajstić information content (AvgIpc) is 2.71. The van der Waals surface area contributed by atoms with Crippen LogP contribution in [0, 0.1) is 5.92 Å². The third-order valence-electron chi connectivity index (χ3n) is 5.53. The summed E-state index contributed by atoms with van der Waals surface area (Å²) in [5, 5.41) is 14.5. The van der Waals surface area contributed by atoms with Gasteiger partial charge in [-0.05, 0) is 24.3 Å². The first-order valence-electron chi connectivity index (χ1n) is 11.5. The summed E-state index contributed by atoms with van der Waals surface area (Å²) in [6, 6.07) is 9.33. The van der Waals surface area contributed by atoms with Gasteiger partial charge < -0.3 is 10.4 Å². The molecule has 0 aromatic heterocycles. The van der Waals surface area contributed by atoms with Gasteiger partial charge in [-0.1, -0.05) is 65.0 Å². The number of aliphatic hydroxyl groups excluding tert-OH is 1. The van der Waals surface area contributed by atoms with E-state index in [1.807, 2.05) is 58.0 Å². The SMILES string of the molecule is CCC[N+](CCC)(C(CC(C)C)C(O)CNCc1ccccc1)S(=O)(=O)NC(=O)CC. The largest absolute Gasteiger partial charge is 0.396 e. The predicted octanol–water partition coefficient (Wildman–Crippen LogP) is 2.96. The summed E-state index contributed by atoms with van der Waals surface area (Å²) in [6.07, 6.45) is 1.00. The number of nitrogens with zero attached hydrogens (tertiary/aromatic N) is 1. The molecule has 0 aliphatic heterocycles. The number of hydrogen-bond acceptors (Lipinski definition) is 5. The van der Waals surface area contributed by atoms with E-state index in [0.717, 1.165) is 5.56 Å². The lowest BCUT2D eigenvalue weighted by Gasteiger charge is -2.44. The number of hydrogen-bond donors (Lipinski definition) is 3. The molecule has 0 fully saturated rings. The molecule has 31 heavy (non-hydrogen) atoms. The minimum absolute atomic E-state index is 0.0908. The van der Waals surface area contributed by atoms with Crippen molar-refractivity contribution in [3.05, 3.63) is 35.9 Å². The molecule has 1 aromatic carbocycles. The average molecular weight is 457 g/mol. The summed E-state index contributed by atoms with van der Waals surface area (Å²) in [5.41, 5.74) is 1.10. The van der Waals surface area contributed by atoms with E-state index in [9.17, 15) is 18.3 Å². The van der Waals surface area contributed by atoms with Crippen molar-refractivity contribution in [3.63, 3.8) is 0 Å². The van der Waals surface area contributed by atoms with Crippen molar-refractivity contribution in [1.29, 1.82) is 0 Å². The van der Waals surface area contributed by atoms with Gasteiger partial charge >= 0.3 is 10.2 Å². The molecule has 0 heterocycles. The minimum atomic E-state index is -4.04. The van der Waals surface area contributed by atoms with Gasteiger partial charge in [-0.3, -0.25) is 4.79 Å². The molecular weight excluding hydrogens is 414 g/mol. The molecule has 2 unspecified atom stereocenters. The highest BCUT2D eigenvalue weighted by molar-refractivity contribution is 7.84. The zero-order chi connectivity index (χ0) is 23.5. The number of nitrogens with one attached hydrogen (secondary N) is 2. The summed E-state index contributed by atoms with van der Waals surface area (Å²) < 4.78 is 29.0. The fraction of sp³-hybridized carbons (Fsp3) is 0.696. The Morgan fingerprint density at radius 1 is 1.06 bits per heavy atom. The van der Waals surface area contributed by atoms with Crippen LogP contribution in [0.1, 0.15) is 65.9 Å². The van der Waals surface area contributed by atoms with Gasteiger partial charge in [0.2, 0.25) is 5.91 Å². The Bertz CT molecular complexity index is 747. The lowest BCUT2D eigenvalue weighted by atomic mass is 9.96. The Morgan fingerprint density at radius 3 is 2.13 bits per heavy atom. The van der Waals surface area contributed by atoms with Crippen LogP contribution in [0.15, 0.2) is 30.3 Å². The molecule has 0 bridgehead atoms. The monoisotopic (exact) mass is 456 g/mol. The van der Waals surface area contributed by atoms with Gasteiger partial charge in [0.1, 0.15) is 12.1 Å². The van der Waals surface area contributed by atoms with Crippen molar-refractivity contribution in [3.8, 4) is 0 Å². The summed E-state index contributed by atoms with van der Waals surface area (Å²) in [4.78, 5) is 12.1. The predicted molar refractivity (Wildman–Crippen MR) is 125 cm³/mol. The van der Waals surface area contributed by atoms with Gasteiger partial charge in [0.25, 0.3) is 0 Å². The van der Waals surface area contributed by atoms with Gasteiger partial charge in [0.05, 0.1) is 13.1 Å². The van der Waals surface area contributed by atoms with E-state index in [1.165, 1.54) is 0 Å². The van der Waals surface area contributed by atoms with Crippen LogP contribution in [0.2, 0.25) is 0 Å². The molecule has 2 atom stereocenters. The second-order valence-corrected chi connectivity index (χ2v) is 10.5. The molecule has 0 aliphatic rings. The number of benzene rings is 1. The molecule has 1 rings (SSSR count). The number of carbonyl (C=O) groups is 1. The topological polar surface area (TPSA) is 95.5 Å². The van der Waals surface area contributed by atoms with Crippen molar-refractivity contribution >= 4 is 16.1 Å². The van der Waals surface area contributed by atoms with Crippen molar-refractivity contribution < 1.29 is 22.2 Å². The van der Waals surface area contributed by atoms with E-state index in [-0.39, 0.29) is 22.8 Å². The summed E-state index contributed by atoms with van der Waals surface area (Å²) in [7, 11) is -4.04. The van der Waals surface area contributed by atoms with Crippen molar-refractivity contribution in [2.75, 3.05) is 19.6 Å².